The van der Waals surface area contributed by atoms with Crippen molar-refractivity contribution in [3.63, 3.8) is 0 Å². The van der Waals surface area contributed by atoms with Crippen molar-refractivity contribution in [2.45, 2.75) is 45.3 Å². The van der Waals surface area contributed by atoms with Crippen LogP contribution in [-0.2, 0) is 4.79 Å². The fourth-order valence-electron chi connectivity index (χ4n) is 2.67. The van der Waals surface area contributed by atoms with Gasteiger partial charge in [0.15, 0.2) is 0 Å². The van der Waals surface area contributed by atoms with Crippen LogP contribution in [0.25, 0.3) is 0 Å². The predicted molar refractivity (Wildman–Crippen MR) is 79.8 cm³/mol. The third-order valence-electron chi connectivity index (χ3n) is 4.00. The summed E-state index contributed by atoms with van der Waals surface area (Å²) in [6.07, 6.45) is -4.25. The fraction of sp³-hybridized carbons (Fsp3) is 0.562. The molecule has 1 unspecified atom stereocenters. The first-order chi connectivity index (χ1) is 10.2. The first-order valence-electron chi connectivity index (χ1n) is 7.43. The molecule has 1 aromatic rings. The molecule has 1 heterocycles. The zero-order valence-electron chi connectivity index (χ0n) is 12.8. The molecule has 1 aromatic carbocycles. The number of nitrogens with one attached hydrogen (secondary N) is 1. The quantitative estimate of drug-likeness (QED) is 0.923. The summed E-state index contributed by atoms with van der Waals surface area (Å²) >= 11 is 0. The number of rotatable bonds is 3. The van der Waals surface area contributed by atoms with E-state index < -0.39 is 18.5 Å². The van der Waals surface area contributed by atoms with E-state index in [-0.39, 0.29) is 6.04 Å². The van der Waals surface area contributed by atoms with Gasteiger partial charge in [0.25, 0.3) is 0 Å². The summed E-state index contributed by atoms with van der Waals surface area (Å²) in [5, 5.41) is 3.32. The molecule has 0 radical (unpaired) electrons. The van der Waals surface area contributed by atoms with Crippen LogP contribution in [0.4, 0.5) is 18.9 Å². The number of benzene rings is 1. The maximum absolute atomic E-state index is 12.3. The van der Waals surface area contributed by atoms with E-state index in [9.17, 15) is 18.0 Å². The van der Waals surface area contributed by atoms with Crippen LogP contribution in [0.2, 0.25) is 0 Å². The van der Waals surface area contributed by atoms with Gasteiger partial charge in [-0.15, -0.1) is 0 Å². The molecule has 0 aliphatic carbocycles. The van der Waals surface area contributed by atoms with Gasteiger partial charge in [-0.05, 0) is 49.9 Å². The minimum atomic E-state index is -4.44. The number of hydrogen-bond acceptors (Lipinski definition) is 2. The van der Waals surface area contributed by atoms with Gasteiger partial charge in [-0.3, -0.25) is 4.79 Å². The number of hydrogen-bond donors (Lipinski definition) is 1. The molecule has 1 N–H and O–H groups in total. The highest BCUT2D eigenvalue weighted by Gasteiger charge is 2.35. The number of carbonyl (C=O) groups excluding carboxylic acids is 1. The molecular formula is C16H21F3N2O. The summed E-state index contributed by atoms with van der Waals surface area (Å²) in [4.78, 5) is 13.0. The van der Waals surface area contributed by atoms with Crippen LogP contribution < -0.4 is 5.32 Å². The minimum absolute atomic E-state index is 0.00644. The van der Waals surface area contributed by atoms with Crippen LogP contribution in [0.3, 0.4) is 0 Å². The topological polar surface area (TPSA) is 32.3 Å². The number of alkyl halides is 3. The maximum atomic E-state index is 12.3. The molecule has 122 valence electrons. The van der Waals surface area contributed by atoms with Crippen LogP contribution in [0.15, 0.2) is 18.2 Å². The van der Waals surface area contributed by atoms with Crippen LogP contribution in [0, 0.1) is 13.8 Å². The molecule has 1 fully saturated rings. The summed E-state index contributed by atoms with van der Waals surface area (Å²) in [5.74, 6) is -0.834. The van der Waals surface area contributed by atoms with Crippen molar-refractivity contribution in [3.05, 3.63) is 29.3 Å². The maximum Gasteiger partial charge on any atom is 0.397 e. The molecule has 1 saturated heterocycles. The van der Waals surface area contributed by atoms with E-state index in [1.807, 2.05) is 32.0 Å². The lowest BCUT2D eigenvalue weighted by Gasteiger charge is -2.34. The Morgan fingerprint density at radius 1 is 1.32 bits per heavy atom. The van der Waals surface area contributed by atoms with Crippen LogP contribution in [0.5, 0.6) is 0 Å². The van der Waals surface area contributed by atoms with E-state index in [0.29, 0.717) is 19.5 Å². The van der Waals surface area contributed by atoms with E-state index in [4.69, 9.17) is 0 Å². The van der Waals surface area contributed by atoms with E-state index >= 15 is 0 Å². The van der Waals surface area contributed by atoms with Crippen molar-refractivity contribution in [1.82, 2.24) is 4.90 Å². The van der Waals surface area contributed by atoms with Gasteiger partial charge < -0.3 is 10.2 Å². The van der Waals surface area contributed by atoms with E-state index in [0.717, 1.165) is 17.7 Å². The first-order valence-corrected chi connectivity index (χ1v) is 7.43. The van der Waals surface area contributed by atoms with Crippen molar-refractivity contribution in [1.29, 1.82) is 0 Å². The SMILES string of the molecule is Cc1ccc(NC2CCCN(C(=O)CC(F)(F)F)C2)cc1C. The highest BCUT2D eigenvalue weighted by atomic mass is 19.4. The Hall–Kier alpha value is -1.72. The Morgan fingerprint density at radius 2 is 2.05 bits per heavy atom. The van der Waals surface area contributed by atoms with Crippen molar-refractivity contribution in [2.24, 2.45) is 0 Å². The molecular weight excluding hydrogens is 293 g/mol. The normalized spacial score (nSPS) is 19.1. The van der Waals surface area contributed by atoms with Crippen molar-refractivity contribution in [3.8, 4) is 0 Å². The van der Waals surface area contributed by atoms with Crippen LogP contribution in [-0.4, -0.2) is 36.1 Å². The number of nitrogens with zero attached hydrogens (tertiary/aromatic N) is 1. The van der Waals surface area contributed by atoms with Crippen LogP contribution in [0.1, 0.15) is 30.4 Å². The van der Waals surface area contributed by atoms with E-state index in [1.165, 1.54) is 10.5 Å². The Bertz CT molecular complexity index is 543. The Morgan fingerprint density at radius 3 is 2.68 bits per heavy atom. The lowest BCUT2D eigenvalue weighted by atomic mass is 10.0. The fourth-order valence-corrected chi connectivity index (χ4v) is 2.67. The lowest BCUT2D eigenvalue weighted by Crippen LogP contribution is -2.46. The standard InChI is InChI=1S/C16H21F3N2O/c1-11-5-6-13(8-12(11)2)20-14-4-3-7-21(10-14)15(22)9-16(17,18)19/h5-6,8,14,20H,3-4,7,9-10H2,1-2H3. The summed E-state index contributed by atoms with van der Waals surface area (Å²) in [7, 11) is 0. The van der Waals surface area contributed by atoms with Gasteiger partial charge in [0.1, 0.15) is 6.42 Å². The monoisotopic (exact) mass is 314 g/mol. The van der Waals surface area contributed by atoms with Crippen LogP contribution >= 0.6 is 0 Å². The van der Waals surface area contributed by atoms with Gasteiger partial charge >= 0.3 is 6.18 Å². The summed E-state index contributed by atoms with van der Waals surface area (Å²) in [6.45, 7) is 4.76. The lowest BCUT2D eigenvalue weighted by molar-refractivity contribution is -0.162. The molecule has 0 spiro atoms. The number of aryl methyl sites for hydroxylation is 2. The van der Waals surface area contributed by atoms with Gasteiger partial charge in [0, 0.05) is 24.8 Å². The largest absolute Gasteiger partial charge is 0.397 e. The minimum Gasteiger partial charge on any atom is -0.381 e. The molecule has 22 heavy (non-hydrogen) atoms. The first kappa shape index (κ1) is 16.6. The molecule has 6 heteroatoms. The molecule has 0 aromatic heterocycles. The summed E-state index contributed by atoms with van der Waals surface area (Å²) in [6, 6.07) is 5.98. The molecule has 1 atom stereocenters. The van der Waals surface area contributed by atoms with E-state index in [2.05, 4.69) is 5.32 Å². The third kappa shape index (κ3) is 4.64. The summed E-state index contributed by atoms with van der Waals surface area (Å²) in [5.41, 5.74) is 3.29. The smallest absolute Gasteiger partial charge is 0.381 e. The molecule has 1 amide bonds. The average Bonchev–Trinajstić information content (AvgIpc) is 2.41. The van der Waals surface area contributed by atoms with Gasteiger partial charge in [0.05, 0.1) is 0 Å². The second kappa shape index (κ2) is 6.58. The second-order valence-electron chi connectivity index (χ2n) is 5.91. The number of halogens is 3. The zero-order valence-corrected chi connectivity index (χ0v) is 12.8. The average molecular weight is 314 g/mol. The highest BCUT2D eigenvalue weighted by Crippen LogP contribution is 2.23. The molecule has 3 nitrogen and oxygen atoms in total. The summed E-state index contributed by atoms with van der Waals surface area (Å²) < 4.78 is 37.0. The number of amides is 1. The number of carbonyl (C=O) groups is 1. The second-order valence-corrected chi connectivity index (χ2v) is 5.91. The molecule has 0 saturated carbocycles. The zero-order chi connectivity index (χ0) is 16.3. The van der Waals surface area contributed by atoms with Crippen molar-refractivity contribution in [2.75, 3.05) is 18.4 Å². The number of likely N-dealkylation sites (tertiary alicyclic amines) is 1. The Labute approximate surface area is 128 Å². The third-order valence-corrected chi connectivity index (χ3v) is 4.00. The molecule has 2 rings (SSSR count). The molecule has 0 bridgehead atoms. The highest BCUT2D eigenvalue weighted by molar-refractivity contribution is 5.77. The van der Waals surface area contributed by atoms with Crippen molar-refractivity contribution < 1.29 is 18.0 Å². The Balaban J connectivity index is 1.95. The van der Waals surface area contributed by atoms with Gasteiger partial charge in [-0.25, -0.2) is 0 Å². The number of anilines is 1. The predicted octanol–water partition coefficient (Wildman–Crippen LogP) is 3.66. The molecule has 1 aliphatic heterocycles. The van der Waals surface area contributed by atoms with E-state index in [1.54, 1.807) is 0 Å². The number of piperidine rings is 1. The van der Waals surface area contributed by atoms with Gasteiger partial charge in [0.2, 0.25) is 5.91 Å². The van der Waals surface area contributed by atoms with Gasteiger partial charge in [-0.1, -0.05) is 6.07 Å². The van der Waals surface area contributed by atoms with Crippen molar-refractivity contribution >= 4 is 11.6 Å². The molecule has 1 aliphatic rings. The van der Waals surface area contributed by atoms with Gasteiger partial charge in [-0.2, -0.15) is 13.2 Å². The Kier molecular flexibility index (Phi) is 4.98.